The molecule has 3 heteroatoms. The molecule has 86 valence electrons. The van der Waals surface area contributed by atoms with Crippen molar-refractivity contribution in [3.8, 4) is 5.75 Å². The topological polar surface area (TPSA) is 37.3 Å². The molecule has 0 unspecified atom stereocenters. The van der Waals surface area contributed by atoms with Crippen LogP contribution >= 0.6 is 11.6 Å². The van der Waals surface area contributed by atoms with Gasteiger partial charge in [-0.3, -0.25) is 4.79 Å². The average Bonchev–Trinajstić information content (AvgIpc) is 2.35. The number of halogens is 1. The van der Waals surface area contributed by atoms with E-state index in [-0.39, 0.29) is 16.6 Å². The molecule has 1 N–H and O–H groups in total. The quantitative estimate of drug-likeness (QED) is 0.823. The Hall–Kier alpha value is -1.80. The predicted molar refractivity (Wildman–Crippen MR) is 67.7 cm³/mol. The van der Waals surface area contributed by atoms with Gasteiger partial charge in [0.2, 0.25) is 0 Å². The van der Waals surface area contributed by atoms with Crippen molar-refractivity contribution in [2.75, 3.05) is 0 Å². The Morgan fingerprint density at radius 2 is 1.76 bits per heavy atom. The first-order chi connectivity index (χ1) is 8.09. The molecule has 17 heavy (non-hydrogen) atoms. The number of carbonyl (C=O) groups excluding carboxylic acids is 1. The van der Waals surface area contributed by atoms with Crippen molar-refractivity contribution in [1.29, 1.82) is 0 Å². The maximum absolute atomic E-state index is 12.1. The normalized spacial score (nSPS) is 10.2. The van der Waals surface area contributed by atoms with Gasteiger partial charge >= 0.3 is 0 Å². The molecule has 0 fully saturated rings. The summed E-state index contributed by atoms with van der Waals surface area (Å²) >= 11 is 5.85. The van der Waals surface area contributed by atoms with E-state index < -0.39 is 0 Å². The van der Waals surface area contributed by atoms with E-state index in [0.717, 1.165) is 0 Å². The van der Waals surface area contributed by atoms with Crippen molar-refractivity contribution in [3.63, 3.8) is 0 Å². The van der Waals surface area contributed by atoms with Gasteiger partial charge in [0, 0.05) is 11.1 Å². The van der Waals surface area contributed by atoms with Crippen LogP contribution in [0.1, 0.15) is 21.5 Å². The number of carbonyl (C=O) groups is 1. The van der Waals surface area contributed by atoms with Gasteiger partial charge in [-0.1, -0.05) is 41.9 Å². The lowest BCUT2D eigenvalue weighted by molar-refractivity contribution is 0.103. The van der Waals surface area contributed by atoms with Crippen molar-refractivity contribution in [2.24, 2.45) is 0 Å². The van der Waals surface area contributed by atoms with Crippen molar-refractivity contribution in [2.45, 2.75) is 6.92 Å². The number of rotatable bonds is 2. The molecule has 0 aliphatic heterocycles. The lowest BCUT2D eigenvalue weighted by Gasteiger charge is -2.06. The number of ketones is 1. The molecule has 0 radical (unpaired) electrons. The van der Waals surface area contributed by atoms with E-state index in [9.17, 15) is 9.90 Å². The van der Waals surface area contributed by atoms with Crippen molar-refractivity contribution in [1.82, 2.24) is 0 Å². The van der Waals surface area contributed by atoms with Crippen LogP contribution in [0.2, 0.25) is 5.02 Å². The minimum absolute atomic E-state index is 0.0243. The minimum Gasteiger partial charge on any atom is -0.506 e. The second-order valence-corrected chi connectivity index (χ2v) is 4.23. The lowest BCUT2D eigenvalue weighted by atomic mass is 10.0. The fraction of sp³-hybridized carbons (Fsp3) is 0.0714. The maximum Gasteiger partial charge on any atom is 0.193 e. The Bertz CT molecular complexity index is 539. The number of phenolic OH excluding ortho intramolecular Hbond substituents is 1. The molecule has 0 aromatic heterocycles. The predicted octanol–water partition coefficient (Wildman–Crippen LogP) is 3.59. The molecule has 0 atom stereocenters. The minimum atomic E-state index is -0.101. The summed E-state index contributed by atoms with van der Waals surface area (Å²) < 4.78 is 0. The third-order valence-corrected chi connectivity index (χ3v) is 2.84. The Balaban J connectivity index is 2.45. The highest BCUT2D eigenvalue weighted by atomic mass is 35.5. The molecule has 0 amide bonds. The van der Waals surface area contributed by atoms with Gasteiger partial charge in [-0.2, -0.15) is 0 Å². The molecule has 0 spiro atoms. The first-order valence-electron chi connectivity index (χ1n) is 5.18. The zero-order valence-corrected chi connectivity index (χ0v) is 10.0. The summed E-state index contributed by atoms with van der Waals surface area (Å²) in [6, 6.07) is 12.1. The molecular formula is C14H11ClO2. The number of benzene rings is 2. The van der Waals surface area contributed by atoms with Gasteiger partial charge in [0.05, 0.1) is 5.02 Å². The average molecular weight is 247 g/mol. The summed E-state index contributed by atoms with van der Waals surface area (Å²) in [5.74, 6) is -0.0770. The Kier molecular flexibility index (Phi) is 3.16. The molecule has 2 aromatic rings. The van der Waals surface area contributed by atoms with E-state index in [0.29, 0.717) is 16.7 Å². The number of phenols is 1. The standard InChI is InChI=1S/C14H11ClO2/c1-9-7-11(8-12(15)13(9)16)14(17)10-5-3-2-4-6-10/h2-8,16H,1H3. The molecule has 0 aliphatic carbocycles. The van der Waals surface area contributed by atoms with Crippen LogP contribution in [0.3, 0.4) is 0 Å². The number of aromatic hydroxyl groups is 1. The largest absolute Gasteiger partial charge is 0.506 e. The van der Waals surface area contributed by atoms with Crippen LogP contribution in [0.15, 0.2) is 42.5 Å². The highest BCUT2D eigenvalue weighted by Crippen LogP contribution is 2.29. The second kappa shape index (κ2) is 4.60. The molecule has 2 aromatic carbocycles. The highest BCUT2D eigenvalue weighted by Gasteiger charge is 2.12. The SMILES string of the molecule is Cc1cc(C(=O)c2ccccc2)cc(Cl)c1O. The second-order valence-electron chi connectivity index (χ2n) is 3.82. The van der Waals surface area contributed by atoms with Crippen LogP contribution in [-0.2, 0) is 0 Å². The molecule has 0 saturated carbocycles. The number of hydrogen-bond donors (Lipinski definition) is 1. The van der Waals surface area contributed by atoms with E-state index in [2.05, 4.69) is 0 Å². The van der Waals surface area contributed by atoms with Crippen LogP contribution in [0.4, 0.5) is 0 Å². The zero-order chi connectivity index (χ0) is 12.4. The van der Waals surface area contributed by atoms with Crippen molar-refractivity contribution in [3.05, 3.63) is 64.2 Å². The molecule has 0 bridgehead atoms. The van der Waals surface area contributed by atoms with Gasteiger partial charge in [0.25, 0.3) is 0 Å². The third-order valence-electron chi connectivity index (χ3n) is 2.55. The molecule has 0 saturated heterocycles. The fourth-order valence-corrected chi connectivity index (χ4v) is 1.89. The van der Waals surface area contributed by atoms with Gasteiger partial charge in [0.15, 0.2) is 5.78 Å². The molecule has 2 rings (SSSR count). The van der Waals surface area contributed by atoms with Gasteiger partial charge in [-0.15, -0.1) is 0 Å². The Morgan fingerprint density at radius 1 is 1.12 bits per heavy atom. The van der Waals surface area contributed by atoms with Crippen LogP contribution in [0.5, 0.6) is 5.75 Å². The fourth-order valence-electron chi connectivity index (χ4n) is 1.62. The van der Waals surface area contributed by atoms with E-state index in [4.69, 9.17) is 11.6 Å². The van der Waals surface area contributed by atoms with E-state index in [1.807, 2.05) is 18.2 Å². The van der Waals surface area contributed by atoms with E-state index in [1.54, 1.807) is 25.1 Å². The maximum atomic E-state index is 12.1. The van der Waals surface area contributed by atoms with Gasteiger partial charge in [-0.25, -0.2) is 0 Å². The lowest BCUT2D eigenvalue weighted by Crippen LogP contribution is -2.01. The molecular weight excluding hydrogens is 236 g/mol. The summed E-state index contributed by atoms with van der Waals surface area (Å²) in [6.07, 6.45) is 0. The summed E-state index contributed by atoms with van der Waals surface area (Å²) in [6.45, 7) is 1.71. The van der Waals surface area contributed by atoms with Gasteiger partial charge in [0.1, 0.15) is 5.75 Å². The van der Waals surface area contributed by atoms with E-state index >= 15 is 0 Å². The van der Waals surface area contributed by atoms with Crippen LogP contribution in [0, 0.1) is 6.92 Å². The van der Waals surface area contributed by atoms with Crippen molar-refractivity contribution >= 4 is 17.4 Å². The summed E-state index contributed by atoms with van der Waals surface area (Å²) in [7, 11) is 0. The molecule has 0 heterocycles. The van der Waals surface area contributed by atoms with Crippen LogP contribution in [-0.4, -0.2) is 10.9 Å². The summed E-state index contributed by atoms with van der Waals surface area (Å²) in [5.41, 5.74) is 1.68. The first-order valence-corrected chi connectivity index (χ1v) is 5.56. The number of hydrogen-bond acceptors (Lipinski definition) is 2. The van der Waals surface area contributed by atoms with E-state index in [1.165, 1.54) is 6.07 Å². The molecule has 0 aliphatic rings. The smallest absolute Gasteiger partial charge is 0.193 e. The zero-order valence-electron chi connectivity index (χ0n) is 9.27. The van der Waals surface area contributed by atoms with Crippen LogP contribution < -0.4 is 0 Å². The van der Waals surface area contributed by atoms with Gasteiger partial charge in [-0.05, 0) is 24.6 Å². The number of aryl methyl sites for hydroxylation is 1. The third kappa shape index (κ3) is 2.32. The Morgan fingerprint density at radius 3 is 2.35 bits per heavy atom. The molecule has 2 nitrogen and oxygen atoms in total. The first kappa shape index (κ1) is 11.7. The Labute approximate surface area is 104 Å². The summed E-state index contributed by atoms with van der Waals surface area (Å²) in [5, 5.41) is 9.74. The van der Waals surface area contributed by atoms with Gasteiger partial charge < -0.3 is 5.11 Å². The summed E-state index contributed by atoms with van der Waals surface area (Å²) in [4.78, 5) is 12.1. The highest BCUT2D eigenvalue weighted by molar-refractivity contribution is 6.32. The van der Waals surface area contributed by atoms with Crippen molar-refractivity contribution < 1.29 is 9.90 Å². The van der Waals surface area contributed by atoms with Crippen LogP contribution in [0.25, 0.3) is 0 Å². The monoisotopic (exact) mass is 246 g/mol.